The molecule has 6 heteroatoms. The summed E-state index contributed by atoms with van der Waals surface area (Å²) >= 11 is 6.18. The standard InChI is InChI=1S/C14H22ClNO4/c1-3-4-16-7-10-5-12(15)14(13(6-10)19-2)20-9-11(18)8-17/h5-6,11,16-18H,3-4,7-9H2,1-2H3. The summed E-state index contributed by atoms with van der Waals surface area (Å²) < 4.78 is 10.7. The molecule has 0 aromatic heterocycles. The van der Waals surface area contributed by atoms with E-state index in [1.54, 1.807) is 6.07 Å². The van der Waals surface area contributed by atoms with Crippen molar-refractivity contribution in [1.29, 1.82) is 0 Å². The van der Waals surface area contributed by atoms with Gasteiger partial charge in [-0.1, -0.05) is 18.5 Å². The summed E-state index contributed by atoms with van der Waals surface area (Å²) in [6.45, 7) is 3.33. The first-order valence-corrected chi connectivity index (χ1v) is 6.99. The molecule has 0 aliphatic heterocycles. The highest BCUT2D eigenvalue weighted by molar-refractivity contribution is 6.32. The third-order valence-corrected chi connectivity index (χ3v) is 2.96. The molecule has 3 N–H and O–H groups in total. The van der Waals surface area contributed by atoms with Crippen molar-refractivity contribution in [3.8, 4) is 11.5 Å². The van der Waals surface area contributed by atoms with E-state index in [-0.39, 0.29) is 13.2 Å². The zero-order chi connectivity index (χ0) is 15.0. The van der Waals surface area contributed by atoms with Crippen LogP contribution in [0.5, 0.6) is 11.5 Å². The van der Waals surface area contributed by atoms with E-state index in [0.717, 1.165) is 18.5 Å². The van der Waals surface area contributed by atoms with Gasteiger partial charge in [0.25, 0.3) is 0 Å². The van der Waals surface area contributed by atoms with Crippen molar-refractivity contribution in [3.63, 3.8) is 0 Å². The zero-order valence-corrected chi connectivity index (χ0v) is 12.6. The monoisotopic (exact) mass is 303 g/mol. The normalized spacial score (nSPS) is 12.2. The molecule has 5 nitrogen and oxygen atoms in total. The molecule has 1 aromatic rings. The highest BCUT2D eigenvalue weighted by Crippen LogP contribution is 2.36. The van der Waals surface area contributed by atoms with E-state index in [9.17, 15) is 5.11 Å². The summed E-state index contributed by atoms with van der Waals surface area (Å²) in [4.78, 5) is 0. The Hall–Kier alpha value is -1.01. The minimum absolute atomic E-state index is 0.0417. The number of hydrogen-bond acceptors (Lipinski definition) is 5. The van der Waals surface area contributed by atoms with E-state index in [1.165, 1.54) is 7.11 Å². The molecule has 114 valence electrons. The summed E-state index contributed by atoms with van der Waals surface area (Å²) in [6.07, 6.45) is 0.118. The van der Waals surface area contributed by atoms with E-state index >= 15 is 0 Å². The fraction of sp³-hybridized carbons (Fsp3) is 0.571. The van der Waals surface area contributed by atoms with Crippen molar-refractivity contribution in [2.45, 2.75) is 26.0 Å². The first-order valence-electron chi connectivity index (χ1n) is 6.61. The Morgan fingerprint density at radius 1 is 1.40 bits per heavy atom. The number of aliphatic hydroxyl groups is 2. The van der Waals surface area contributed by atoms with Crippen LogP contribution in [0, 0.1) is 0 Å². The average Bonchev–Trinajstić information content (AvgIpc) is 2.45. The molecule has 1 rings (SSSR count). The van der Waals surface area contributed by atoms with Gasteiger partial charge in [-0.05, 0) is 30.7 Å². The summed E-state index contributed by atoms with van der Waals surface area (Å²) in [7, 11) is 1.53. The maximum Gasteiger partial charge on any atom is 0.179 e. The fourth-order valence-electron chi connectivity index (χ4n) is 1.66. The van der Waals surface area contributed by atoms with Crippen molar-refractivity contribution >= 4 is 11.6 Å². The van der Waals surface area contributed by atoms with Crippen molar-refractivity contribution in [2.75, 3.05) is 26.9 Å². The summed E-state index contributed by atoms with van der Waals surface area (Å²) in [5, 5.41) is 21.8. The molecule has 0 spiro atoms. The molecule has 20 heavy (non-hydrogen) atoms. The second-order valence-corrected chi connectivity index (χ2v) is 4.84. The van der Waals surface area contributed by atoms with Crippen LogP contribution in [0.3, 0.4) is 0 Å². The van der Waals surface area contributed by atoms with Gasteiger partial charge in [-0.3, -0.25) is 0 Å². The quantitative estimate of drug-likeness (QED) is 0.604. The number of aliphatic hydroxyl groups excluding tert-OH is 2. The summed E-state index contributed by atoms with van der Waals surface area (Å²) in [6, 6.07) is 3.64. The Bertz CT molecular complexity index is 414. The molecular weight excluding hydrogens is 282 g/mol. The Balaban J connectivity index is 2.79. The van der Waals surface area contributed by atoms with Gasteiger partial charge in [-0.25, -0.2) is 0 Å². The lowest BCUT2D eigenvalue weighted by Gasteiger charge is -2.16. The van der Waals surface area contributed by atoms with Gasteiger partial charge in [0.05, 0.1) is 18.7 Å². The lowest BCUT2D eigenvalue weighted by atomic mass is 10.2. The average molecular weight is 304 g/mol. The van der Waals surface area contributed by atoms with E-state index < -0.39 is 6.10 Å². The van der Waals surface area contributed by atoms with E-state index in [2.05, 4.69) is 12.2 Å². The van der Waals surface area contributed by atoms with E-state index in [4.69, 9.17) is 26.2 Å². The predicted octanol–water partition coefficient (Wildman–Crippen LogP) is 1.58. The summed E-state index contributed by atoms with van der Waals surface area (Å²) in [5.41, 5.74) is 0.996. The molecule has 0 saturated carbocycles. The maximum atomic E-state index is 9.30. The van der Waals surface area contributed by atoms with E-state index in [1.807, 2.05) is 6.07 Å². The molecule has 1 aromatic carbocycles. The van der Waals surface area contributed by atoms with Crippen LogP contribution >= 0.6 is 11.6 Å². The van der Waals surface area contributed by atoms with E-state index in [0.29, 0.717) is 23.1 Å². The van der Waals surface area contributed by atoms with Crippen LogP contribution in [-0.2, 0) is 6.54 Å². The molecule has 1 atom stereocenters. The summed E-state index contributed by atoms with van der Waals surface area (Å²) in [5.74, 6) is 0.886. The first-order chi connectivity index (χ1) is 9.62. The van der Waals surface area contributed by atoms with Gasteiger partial charge in [0.2, 0.25) is 0 Å². The van der Waals surface area contributed by atoms with Gasteiger partial charge < -0.3 is 25.0 Å². The molecule has 0 radical (unpaired) electrons. The Morgan fingerprint density at radius 2 is 2.15 bits per heavy atom. The Kier molecular flexibility index (Phi) is 7.69. The lowest BCUT2D eigenvalue weighted by molar-refractivity contribution is 0.0527. The molecule has 0 saturated heterocycles. The number of methoxy groups -OCH3 is 1. The van der Waals surface area contributed by atoms with Gasteiger partial charge in [0, 0.05) is 6.54 Å². The van der Waals surface area contributed by atoms with Crippen LogP contribution < -0.4 is 14.8 Å². The molecule has 0 bridgehead atoms. The molecule has 0 heterocycles. The minimum atomic E-state index is -0.943. The smallest absolute Gasteiger partial charge is 0.179 e. The number of nitrogens with one attached hydrogen (secondary N) is 1. The van der Waals surface area contributed by atoms with Crippen LogP contribution in [0.4, 0.5) is 0 Å². The molecular formula is C14H22ClNO4. The number of hydrogen-bond donors (Lipinski definition) is 3. The topological polar surface area (TPSA) is 71.0 Å². The van der Waals surface area contributed by atoms with Crippen molar-refractivity contribution in [1.82, 2.24) is 5.32 Å². The molecule has 1 unspecified atom stereocenters. The van der Waals surface area contributed by atoms with Crippen molar-refractivity contribution < 1.29 is 19.7 Å². The maximum absolute atomic E-state index is 9.30. The highest BCUT2D eigenvalue weighted by atomic mass is 35.5. The van der Waals surface area contributed by atoms with Crippen LogP contribution in [0.2, 0.25) is 5.02 Å². The highest BCUT2D eigenvalue weighted by Gasteiger charge is 2.13. The molecule has 0 amide bonds. The van der Waals surface area contributed by atoms with Gasteiger partial charge in [-0.15, -0.1) is 0 Å². The van der Waals surface area contributed by atoms with Crippen molar-refractivity contribution in [3.05, 3.63) is 22.7 Å². The Labute approximate surface area is 124 Å². The second-order valence-electron chi connectivity index (χ2n) is 4.43. The second kappa shape index (κ2) is 9.02. The van der Waals surface area contributed by atoms with Gasteiger partial charge in [-0.2, -0.15) is 0 Å². The van der Waals surface area contributed by atoms with Crippen molar-refractivity contribution in [2.24, 2.45) is 0 Å². The molecule has 0 aliphatic carbocycles. The Morgan fingerprint density at radius 3 is 2.75 bits per heavy atom. The van der Waals surface area contributed by atoms with Crippen LogP contribution in [0.25, 0.3) is 0 Å². The van der Waals surface area contributed by atoms with Crippen LogP contribution in [0.15, 0.2) is 12.1 Å². The number of benzene rings is 1. The first kappa shape index (κ1) is 17.0. The van der Waals surface area contributed by atoms with Crippen LogP contribution in [0.1, 0.15) is 18.9 Å². The number of ether oxygens (including phenoxy) is 2. The van der Waals surface area contributed by atoms with Gasteiger partial charge >= 0.3 is 0 Å². The van der Waals surface area contributed by atoms with Gasteiger partial charge in [0.15, 0.2) is 11.5 Å². The molecule has 0 aliphatic rings. The molecule has 0 fully saturated rings. The number of halogens is 1. The largest absolute Gasteiger partial charge is 0.493 e. The third kappa shape index (κ3) is 5.17. The zero-order valence-electron chi connectivity index (χ0n) is 11.9. The SMILES string of the molecule is CCCNCc1cc(Cl)c(OCC(O)CO)c(OC)c1. The third-order valence-electron chi connectivity index (χ3n) is 2.68. The lowest BCUT2D eigenvalue weighted by Crippen LogP contribution is -2.21. The fourth-order valence-corrected chi connectivity index (χ4v) is 1.94. The van der Waals surface area contributed by atoms with Crippen LogP contribution in [-0.4, -0.2) is 43.2 Å². The number of rotatable bonds is 9. The predicted molar refractivity (Wildman–Crippen MR) is 78.6 cm³/mol. The minimum Gasteiger partial charge on any atom is -0.493 e. The van der Waals surface area contributed by atoms with Gasteiger partial charge in [0.1, 0.15) is 12.7 Å².